The molecule has 5 rings (SSSR count). The number of hydrogen-bond donors (Lipinski definition) is 0. The number of rotatable bonds is 10. The minimum Gasteiger partial charge on any atom is -0.490 e. The van der Waals surface area contributed by atoms with Crippen LogP contribution in [-0.2, 0) is 32.4 Å². The Morgan fingerprint density at radius 3 is 2.60 bits per heavy atom. The zero-order chi connectivity index (χ0) is 28.1. The summed E-state index contributed by atoms with van der Waals surface area (Å²) in [4.78, 5) is 22.8. The summed E-state index contributed by atoms with van der Waals surface area (Å²) >= 11 is 0. The van der Waals surface area contributed by atoms with Crippen molar-refractivity contribution in [2.24, 2.45) is 5.92 Å². The largest absolute Gasteiger partial charge is 0.490 e. The summed E-state index contributed by atoms with van der Waals surface area (Å²) in [5.74, 6) is 1.87. The van der Waals surface area contributed by atoms with Gasteiger partial charge in [-0.1, -0.05) is 25.5 Å². The van der Waals surface area contributed by atoms with Gasteiger partial charge >= 0.3 is 5.97 Å². The summed E-state index contributed by atoms with van der Waals surface area (Å²) in [5, 5.41) is 0. The van der Waals surface area contributed by atoms with E-state index in [0.29, 0.717) is 25.4 Å². The van der Waals surface area contributed by atoms with Crippen molar-refractivity contribution in [2.45, 2.75) is 64.4 Å². The third kappa shape index (κ3) is 6.66. The summed E-state index contributed by atoms with van der Waals surface area (Å²) in [5.41, 5.74) is 4.74. The van der Waals surface area contributed by atoms with E-state index in [9.17, 15) is 13.2 Å². The van der Waals surface area contributed by atoms with Crippen molar-refractivity contribution in [3.8, 4) is 5.75 Å². The Labute approximate surface area is 237 Å². The number of benzene rings is 1. The van der Waals surface area contributed by atoms with E-state index in [1.54, 1.807) is 0 Å². The Hall–Kier alpha value is -2.98. The highest BCUT2D eigenvalue weighted by atomic mass is 32.2. The van der Waals surface area contributed by atoms with Gasteiger partial charge in [-0.2, -0.15) is 4.31 Å². The fourth-order valence-corrected chi connectivity index (χ4v) is 7.37. The molecule has 0 amide bonds. The number of piperidine rings is 1. The molecule has 0 spiro atoms. The average molecular weight is 569 g/mol. The van der Waals surface area contributed by atoms with Gasteiger partial charge in [0.1, 0.15) is 11.9 Å². The number of hydrogen-bond acceptors (Lipinski definition) is 8. The summed E-state index contributed by atoms with van der Waals surface area (Å²) in [6.45, 7) is 4.85. The summed E-state index contributed by atoms with van der Waals surface area (Å²) in [6, 6.07) is 6.39. The second-order valence-electron chi connectivity index (χ2n) is 11.0. The Bertz CT molecular complexity index is 1320. The first-order valence-corrected chi connectivity index (χ1v) is 16.1. The number of fused-ring (bicyclic) bond motifs is 1. The van der Waals surface area contributed by atoms with Crippen LogP contribution in [-0.4, -0.2) is 73.8 Å². The quantitative estimate of drug-likeness (QED) is 0.396. The first-order chi connectivity index (χ1) is 19.4. The molecule has 3 aliphatic heterocycles. The third-order valence-corrected chi connectivity index (χ3v) is 10.2. The lowest BCUT2D eigenvalue weighted by atomic mass is 9.88. The van der Waals surface area contributed by atoms with Gasteiger partial charge in [0.2, 0.25) is 16.0 Å². The topological polar surface area (TPSA) is 102 Å². The molecule has 40 heavy (non-hydrogen) atoms. The number of esters is 1. The van der Waals surface area contributed by atoms with Crippen LogP contribution in [0.4, 0.5) is 5.95 Å². The van der Waals surface area contributed by atoms with Crippen LogP contribution in [0, 0.1) is 5.92 Å². The van der Waals surface area contributed by atoms with Crippen LogP contribution in [0.15, 0.2) is 36.7 Å². The predicted molar refractivity (Wildman–Crippen MR) is 155 cm³/mol. The van der Waals surface area contributed by atoms with Crippen LogP contribution >= 0.6 is 0 Å². The number of aryl methyl sites for hydroxylation is 1. The molecule has 1 fully saturated rings. The molecule has 0 N–H and O–H groups in total. The minimum absolute atomic E-state index is 0.0416. The molecule has 2 aromatic rings. The zero-order valence-electron chi connectivity index (χ0n) is 23.5. The van der Waals surface area contributed by atoms with Crippen molar-refractivity contribution in [1.82, 2.24) is 14.3 Å². The molecule has 0 aliphatic carbocycles. The number of nitrogens with zero attached hydrogens (tertiary/aromatic N) is 4. The maximum Gasteiger partial charge on any atom is 0.305 e. The van der Waals surface area contributed by atoms with Gasteiger partial charge < -0.3 is 14.4 Å². The van der Waals surface area contributed by atoms with Crippen molar-refractivity contribution < 1.29 is 22.7 Å². The summed E-state index contributed by atoms with van der Waals surface area (Å²) in [7, 11) is -2.09. The third-order valence-electron chi connectivity index (χ3n) is 8.29. The fourth-order valence-electron chi connectivity index (χ4n) is 5.93. The van der Waals surface area contributed by atoms with Gasteiger partial charge in [-0.25, -0.2) is 18.4 Å². The molecule has 3 aliphatic rings. The number of carbonyl (C=O) groups excluding carboxylic acids is 1. The molecule has 0 saturated carbocycles. The lowest BCUT2D eigenvalue weighted by Gasteiger charge is -2.34. The van der Waals surface area contributed by atoms with Crippen LogP contribution < -0.4 is 9.64 Å². The minimum atomic E-state index is -3.40. The molecule has 1 unspecified atom stereocenters. The van der Waals surface area contributed by atoms with Crippen LogP contribution in [0.25, 0.3) is 5.57 Å². The Morgan fingerprint density at radius 2 is 1.93 bits per heavy atom. The van der Waals surface area contributed by atoms with Gasteiger partial charge in [0.15, 0.2) is 0 Å². The molecule has 216 valence electrons. The molecule has 10 heteroatoms. The maximum atomic E-state index is 12.7. The molecule has 0 radical (unpaired) electrons. The van der Waals surface area contributed by atoms with E-state index in [1.165, 1.54) is 28.1 Å². The Kier molecular flexibility index (Phi) is 9.05. The highest BCUT2D eigenvalue weighted by Gasteiger charge is 2.34. The lowest BCUT2D eigenvalue weighted by Crippen LogP contribution is -2.40. The van der Waals surface area contributed by atoms with Crippen molar-refractivity contribution >= 4 is 27.5 Å². The van der Waals surface area contributed by atoms with Crippen molar-refractivity contribution in [2.75, 3.05) is 43.9 Å². The molecule has 1 aromatic heterocycles. The molecule has 0 bridgehead atoms. The van der Waals surface area contributed by atoms with Gasteiger partial charge in [0.25, 0.3) is 0 Å². The standard InChI is InChI=1S/C30H40N4O5S/c1-3-5-22-20-31-30(32-21-22)33-13-9-24(10-14-33)28-19-26-18-25(7-8-27(26)39-28)23-11-15-34(16-12-23)40(36,37)17-4-6-29(35)38-2/h7-8,11,18,20-21,24,28H,3-6,9-10,12-17,19H2,1-2H3. The number of carbonyl (C=O) groups is 1. The SMILES string of the molecule is CCCc1cnc(N2CCC(C3Cc4cc(C5=CCN(S(=O)(=O)CCCC(=O)OC)CC5)ccc4O3)CC2)nc1. The second-order valence-corrected chi connectivity index (χ2v) is 13.1. The lowest BCUT2D eigenvalue weighted by molar-refractivity contribution is -0.140. The van der Waals surface area contributed by atoms with E-state index in [1.807, 2.05) is 18.5 Å². The second kappa shape index (κ2) is 12.7. The maximum absolute atomic E-state index is 12.7. The van der Waals surface area contributed by atoms with Crippen LogP contribution in [0.3, 0.4) is 0 Å². The van der Waals surface area contributed by atoms with E-state index in [4.69, 9.17) is 4.74 Å². The summed E-state index contributed by atoms with van der Waals surface area (Å²) < 4.78 is 37.9. The van der Waals surface area contributed by atoms with E-state index in [0.717, 1.165) is 62.5 Å². The van der Waals surface area contributed by atoms with Crippen LogP contribution in [0.1, 0.15) is 62.1 Å². The highest BCUT2D eigenvalue weighted by molar-refractivity contribution is 7.89. The van der Waals surface area contributed by atoms with Crippen LogP contribution in [0.2, 0.25) is 0 Å². The Balaban J connectivity index is 1.13. The number of ether oxygens (including phenoxy) is 2. The smallest absolute Gasteiger partial charge is 0.305 e. The van der Waals surface area contributed by atoms with E-state index < -0.39 is 10.0 Å². The van der Waals surface area contributed by atoms with Crippen molar-refractivity contribution in [3.05, 3.63) is 53.4 Å². The Morgan fingerprint density at radius 1 is 1.15 bits per heavy atom. The first-order valence-electron chi connectivity index (χ1n) is 14.5. The monoisotopic (exact) mass is 568 g/mol. The number of sulfonamides is 1. The average Bonchev–Trinajstić information content (AvgIpc) is 3.41. The summed E-state index contributed by atoms with van der Waals surface area (Å²) in [6.07, 6.45) is 12.3. The molecular weight excluding hydrogens is 528 g/mol. The van der Waals surface area contributed by atoms with E-state index in [-0.39, 0.29) is 30.7 Å². The first kappa shape index (κ1) is 28.5. The van der Waals surface area contributed by atoms with Gasteiger partial charge in [-0.05, 0) is 72.4 Å². The number of anilines is 1. The zero-order valence-corrected chi connectivity index (χ0v) is 24.4. The predicted octanol–water partition coefficient (Wildman–Crippen LogP) is 4.02. The number of methoxy groups -OCH3 is 1. The molecule has 9 nitrogen and oxygen atoms in total. The van der Waals surface area contributed by atoms with Gasteiger partial charge in [-0.3, -0.25) is 4.79 Å². The molecule has 1 aromatic carbocycles. The van der Waals surface area contributed by atoms with Gasteiger partial charge in [0.05, 0.1) is 12.9 Å². The van der Waals surface area contributed by atoms with Crippen molar-refractivity contribution in [1.29, 1.82) is 0 Å². The van der Waals surface area contributed by atoms with E-state index in [2.05, 4.69) is 44.7 Å². The van der Waals surface area contributed by atoms with Gasteiger partial charge in [-0.15, -0.1) is 0 Å². The van der Waals surface area contributed by atoms with Crippen molar-refractivity contribution in [3.63, 3.8) is 0 Å². The normalized spacial score (nSPS) is 20.1. The highest BCUT2D eigenvalue weighted by Crippen LogP contribution is 2.38. The number of aromatic nitrogens is 2. The molecule has 4 heterocycles. The fraction of sp³-hybridized carbons (Fsp3) is 0.567. The molecule has 1 saturated heterocycles. The van der Waals surface area contributed by atoms with E-state index >= 15 is 0 Å². The molecular formula is C30H40N4O5S. The molecule has 1 atom stereocenters. The van der Waals surface area contributed by atoms with Crippen LogP contribution in [0.5, 0.6) is 5.75 Å². The van der Waals surface area contributed by atoms with Gasteiger partial charge in [0, 0.05) is 51.4 Å².